The standard InChI is InChI=1S/C19H27N5O3/c1-4-23(5-2)14-12-20-19(26)21-15-7-9-16(10-8-15)24-13-11-17(22-24)18(25)27-6-3/h7-11,13H,4-6,12,14H2,1-3H3,(H2,20,21,26). The van der Waals surface area contributed by atoms with E-state index >= 15 is 0 Å². The van der Waals surface area contributed by atoms with Crippen LogP contribution in [0.15, 0.2) is 36.5 Å². The van der Waals surface area contributed by atoms with Crippen molar-refractivity contribution in [3.05, 3.63) is 42.2 Å². The highest BCUT2D eigenvalue weighted by molar-refractivity contribution is 5.89. The predicted octanol–water partition coefficient (Wildman–Crippen LogP) is 2.51. The van der Waals surface area contributed by atoms with Gasteiger partial charge in [0, 0.05) is 25.0 Å². The molecule has 146 valence electrons. The lowest BCUT2D eigenvalue weighted by Crippen LogP contribution is -2.36. The summed E-state index contributed by atoms with van der Waals surface area (Å²) in [6.07, 6.45) is 1.69. The van der Waals surface area contributed by atoms with Gasteiger partial charge in [0.1, 0.15) is 0 Å². The molecule has 2 amide bonds. The summed E-state index contributed by atoms with van der Waals surface area (Å²) in [5.41, 5.74) is 1.71. The quantitative estimate of drug-likeness (QED) is 0.660. The zero-order valence-electron chi connectivity index (χ0n) is 16.1. The SMILES string of the molecule is CCOC(=O)c1ccn(-c2ccc(NC(=O)NCCN(CC)CC)cc2)n1. The van der Waals surface area contributed by atoms with E-state index in [1.54, 1.807) is 36.0 Å². The average molecular weight is 373 g/mol. The molecule has 27 heavy (non-hydrogen) atoms. The number of ether oxygens (including phenoxy) is 1. The molecule has 1 aromatic heterocycles. The molecule has 0 spiro atoms. The molecule has 0 radical (unpaired) electrons. The summed E-state index contributed by atoms with van der Waals surface area (Å²) in [6.45, 7) is 9.60. The second kappa shape index (κ2) is 10.3. The van der Waals surface area contributed by atoms with Crippen molar-refractivity contribution in [3.63, 3.8) is 0 Å². The van der Waals surface area contributed by atoms with Crippen molar-refractivity contribution in [2.45, 2.75) is 20.8 Å². The number of nitrogens with zero attached hydrogens (tertiary/aromatic N) is 3. The van der Waals surface area contributed by atoms with Crippen LogP contribution in [-0.2, 0) is 4.74 Å². The Morgan fingerprint density at radius 2 is 1.81 bits per heavy atom. The Kier molecular flexibility index (Phi) is 7.81. The van der Waals surface area contributed by atoms with E-state index in [1.807, 2.05) is 12.1 Å². The monoisotopic (exact) mass is 373 g/mol. The molecule has 2 N–H and O–H groups in total. The van der Waals surface area contributed by atoms with Crippen LogP contribution in [0.1, 0.15) is 31.3 Å². The number of hydrogen-bond acceptors (Lipinski definition) is 5. The van der Waals surface area contributed by atoms with Gasteiger partial charge in [0.05, 0.1) is 12.3 Å². The number of anilines is 1. The van der Waals surface area contributed by atoms with Gasteiger partial charge < -0.3 is 20.3 Å². The Morgan fingerprint density at radius 1 is 1.11 bits per heavy atom. The van der Waals surface area contributed by atoms with Crippen LogP contribution in [0.4, 0.5) is 10.5 Å². The zero-order chi connectivity index (χ0) is 19.6. The van der Waals surface area contributed by atoms with Gasteiger partial charge in [-0.2, -0.15) is 5.10 Å². The molecule has 8 heteroatoms. The molecule has 0 saturated carbocycles. The molecule has 0 bridgehead atoms. The number of hydrogen-bond donors (Lipinski definition) is 2. The Bertz CT molecular complexity index is 738. The maximum absolute atomic E-state index is 12.0. The number of likely N-dealkylation sites (N-methyl/N-ethyl adjacent to an activating group) is 1. The Labute approximate surface area is 159 Å². The molecule has 2 rings (SSSR count). The fourth-order valence-electron chi connectivity index (χ4n) is 2.52. The number of carbonyl (C=O) groups is 2. The third-order valence-corrected chi connectivity index (χ3v) is 4.07. The van der Waals surface area contributed by atoms with Gasteiger partial charge in [0.15, 0.2) is 5.69 Å². The largest absolute Gasteiger partial charge is 0.461 e. The minimum Gasteiger partial charge on any atom is -0.461 e. The van der Waals surface area contributed by atoms with Crippen LogP contribution in [0.25, 0.3) is 5.69 Å². The highest BCUT2D eigenvalue weighted by atomic mass is 16.5. The number of benzene rings is 1. The van der Waals surface area contributed by atoms with Crippen LogP contribution in [0.2, 0.25) is 0 Å². The first-order valence-electron chi connectivity index (χ1n) is 9.17. The summed E-state index contributed by atoms with van der Waals surface area (Å²) in [4.78, 5) is 25.9. The van der Waals surface area contributed by atoms with Crippen molar-refractivity contribution in [2.75, 3.05) is 38.1 Å². The van der Waals surface area contributed by atoms with Crippen LogP contribution in [-0.4, -0.2) is 59.5 Å². The minimum atomic E-state index is -0.448. The maximum atomic E-state index is 12.0. The molecule has 0 fully saturated rings. The van der Waals surface area contributed by atoms with Crippen molar-refractivity contribution in [2.24, 2.45) is 0 Å². The van der Waals surface area contributed by atoms with Crippen molar-refractivity contribution < 1.29 is 14.3 Å². The van der Waals surface area contributed by atoms with Gasteiger partial charge in [-0.15, -0.1) is 0 Å². The van der Waals surface area contributed by atoms with Crippen LogP contribution in [0.5, 0.6) is 0 Å². The number of rotatable bonds is 9. The lowest BCUT2D eigenvalue weighted by molar-refractivity contribution is 0.0519. The number of nitrogens with one attached hydrogen (secondary N) is 2. The normalized spacial score (nSPS) is 10.7. The van der Waals surface area contributed by atoms with E-state index in [-0.39, 0.29) is 11.7 Å². The van der Waals surface area contributed by atoms with Gasteiger partial charge in [-0.05, 0) is 50.3 Å². The van der Waals surface area contributed by atoms with E-state index in [0.29, 0.717) is 18.8 Å². The van der Waals surface area contributed by atoms with Crippen LogP contribution in [0, 0.1) is 0 Å². The van der Waals surface area contributed by atoms with Crippen molar-refractivity contribution in [1.29, 1.82) is 0 Å². The molecule has 1 aromatic carbocycles. The van der Waals surface area contributed by atoms with Gasteiger partial charge in [-0.1, -0.05) is 13.8 Å². The fraction of sp³-hybridized carbons (Fsp3) is 0.421. The molecule has 8 nitrogen and oxygen atoms in total. The van der Waals surface area contributed by atoms with Gasteiger partial charge in [-0.25, -0.2) is 14.3 Å². The predicted molar refractivity (Wildman–Crippen MR) is 104 cm³/mol. The maximum Gasteiger partial charge on any atom is 0.358 e. The smallest absolute Gasteiger partial charge is 0.358 e. The van der Waals surface area contributed by atoms with E-state index in [1.165, 1.54) is 0 Å². The first-order chi connectivity index (χ1) is 13.1. The summed E-state index contributed by atoms with van der Waals surface area (Å²) in [5, 5.41) is 9.84. The van der Waals surface area contributed by atoms with E-state index in [9.17, 15) is 9.59 Å². The molecular formula is C19H27N5O3. The van der Waals surface area contributed by atoms with E-state index in [0.717, 1.165) is 25.3 Å². The first-order valence-corrected chi connectivity index (χ1v) is 9.17. The molecular weight excluding hydrogens is 346 g/mol. The van der Waals surface area contributed by atoms with Gasteiger partial charge in [-0.3, -0.25) is 0 Å². The molecule has 1 heterocycles. The van der Waals surface area contributed by atoms with Crippen LogP contribution in [0.3, 0.4) is 0 Å². The average Bonchev–Trinajstić information content (AvgIpc) is 3.16. The second-order valence-corrected chi connectivity index (χ2v) is 5.82. The summed E-state index contributed by atoms with van der Waals surface area (Å²) in [6, 6.07) is 8.56. The van der Waals surface area contributed by atoms with Crippen molar-refractivity contribution in [1.82, 2.24) is 20.0 Å². The lowest BCUT2D eigenvalue weighted by atomic mass is 10.3. The molecule has 2 aromatic rings. The third kappa shape index (κ3) is 6.10. The number of carbonyl (C=O) groups excluding carboxylic acids is 2. The number of esters is 1. The molecule has 0 aliphatic carbocycles. The molecule has 0 aliphatic heterocycles. The fourth-order valence-corrected chi connectivity index (χ4v) is 2.52. The summed E-state index contributed by atoms with van der Waals surface area (Å²) < 4.78 is 6.51. The summed E-state index contributed by atoms with van der Waals surface area (Å²) in [7, 11) is 0. The molecule has 0 saturated heterocycles. The lowest BCUT2D eigenvalue weighted by Gasteiger charge is -2.18. The Balaban J connectivity index is 1.88. The number of amides is 2. The highest BCUT2D eigenvalue weighted by Crippen LogP contribution is 2.13. The number of urea groups is 1. The zero-order valence-corrected chi connectivity index (χ0v) is 16.1. The Morgan fingerprint density at radius 3 is 2.44 bits per heavy atom. The summed E-state index contributed by atoms with van der Waals surface area (Å²) >= 11 is 0. The second-order valence-electron chi connectivity index (χ2n) is 5.82. The molecule has 0 atom stereocenters. The first kappa shape index (κ1) is 20.4. The van der Waals surface area contributed by atoms with Crippen molar-refractivity contribution in [3.8, 4) is 5.69 Å². The van der Waals surface area contributed by atoms with Crippen molar-refractivity contribution >= 4 is 17.7 Å². The van der Waals surface area contributed by atoms with Gasteiger partial charge >= 0.3 is 12.0 Å². The highest BCUT2D eigenvalue weighted by Gasteiger charge is 2.11. The van der Waals surface area contributed by atoms with Crippen LogP contribution >= 0.6 is 0 Å². The van der Waals surface area contributed by atoms with E-state index < -0.39 is 5.97 Å². The molecule has 0 aliphatic rings. The third-order valence-electron chi connectivity index (χ3n) is 4.07. The van der Waals surface area contributed by atoms with E-state index in [4.69, 9.17) is 4.74 Å². The minimum absolute atomic E-state index is 0.237. The van der Waals surface area contributed by atoms with Crippen LogP contribution < -0.4 is 10.6 Å². The van der Waals surface area contributed by atoms with Gasteiger partial charge in [0.25, 0.3) is 0 Å². The Hall–Kier alpha value is -2.87. The molecule has 0 unspecified atom stereocenters. The van der Waals surface area contributed by atoms with Gasteiger partial charge in [0.2, 0.25) is 0 Å². The summed E-state index contributed by atoms with van der Waals surface area (Å²) in [5.74, 6) is -0.448. The topological polar surface area (TPSA) is 88.5 Å². The van der Waals surface area contributed by atoms with E-state index in [2.05, 4.69) is 34.5 Å². The number of aromatic nitrogens is 2.